The third-order valence-electron chi connectivity index (χ3n) is 3.64. The summed E-state index contributed by atoms with van der Waals surface area (Å²) in [5.41, 5.74) is 1.76. The van der Waals surface area contributed by atoms with Crippen LogP contribution in [0.4, 0.5) is 5.69 Å². The van der Waals surface area contributed by atoms with Gasteiger partial charge in [0.2, 0.25) is 0 Å². The first kappa shape index (κ1) is 17.5. The van der Waals surface area contributed by atoms with Gasteiger partial charge in [-0.05, 0) is 18.6 Å². The Morgan fingerprint density at radius 2 is 1.42 bits per heavy atom. The summed E-state index contributed by atoms with van der Waals surface area (Å²) >= 11 is 0. The molecule has 2 aromatic carbocycles. The Kier molecular flexibility index (Phi) is 5.52. The van der Waals surface area contributed by atoms with Gasteiger partial charge in [0.05, 0.1) is 39.7 Å². The van der Waals surface area contributed by atoms with Gasteiger partial charge in [-0.15, -0.1) is 0 Å². The molecule has 0 saturated heterocycles. The van der Waals surface area contributed by atoms with E-state index in [0.29, 0.717) is 34.2 Å². The molecule has 0 saturated carbocycles. The Bertz CT molecular complexity index is 742. The molecule has 0 aromatic heterocycles. The van der Waals surface area contributed by atoms with E-state index in [4.69, 9.17) is 18.9 Å². The van der Waals surface area contributed by atoms with Crippen molar-refractivity contribution in [2.45, 2.75) is 6.92 Å². The summed E-state index contributed by atoms with van der Waals surface area (Å²) in [6, 6.07) is 8.74. The summed E-state index contributed by atoms with van der Waals surface area (Å²) in [5, 5.41) is 2.84. The SMILES string of the molecule is COc1cc(OC)c(OC)cc1NC(=O)c1c(C)cccc1OC. The van der Waals surface area contributed by atoms with E-state index in [2.05, 4.69) is 5.32 Å². The number of carbonyl (C=O) groups is 1. The average Bonchev–Trinajstić information content (AvgIpc) is 2.60. The maximum Gasteiger partial charge on any atom is 0.259 e. The van der Waals surface area contributed by atoms with Crippen LogP contribution in [0.25, 0.3) is 0 Å². The minimum atomic E-state index is -0.296. The maximum atomic E-state index is 12.7. The second-order valence-electron chi connectivity index (χ2n) is 5.01. The van der Waals surface area contributed by atoms with Crippen molar-refractivity contribution in [3.05, 3.63) is 41.5 Å². The second-order valence-corrected chi connectivity index (χ2v) is 5.01. The number of rotatable bonds is 6. The molecule has 0 aliphatic rings. The van der Waals surface area contributed by atoms with Crippen LogP contribution in [0.15, 0.2) is 30.3 Å². The predicted molar refractivity (Wildman–Crippen MR) is 91.8 cm³/mol. The molecule has 0 bridgehead atoms. The lowest BCUT2D eigenvalue weighted by Gasteiger charge is -2.16. The molecule has 1 amide bonds. The quantitative estimate of drug-likeness (QED) is 0.880. The minimum Gasteiger partial charge on any atom is -0.496 e. The summed E-state index contributed by atoms with van der Waals surface area (Å²) in [7, 11) is 6.11. The number of hydrogen-bond donors (Lipinski definition) is 1. The number of anilines is 1. The molecule has 0 heterocycles. The van der Waals surface area contributed by atoms with Crippen LogP contribution in [0, 0.1) is 6.92 Å². The maximum absolute atomic E-state index is 12.7. The fraction of sp³-hybridized carbons (Fsp3) is 0.278. The molecule has 0 fully saturated rings. The molecule has 2 rings (SSSR count). The van der Waals surface area contributed by atoms with Gasteiger partial charge in [-0.1, -0.05) is 12.1 Å². The van der Waals surface area contributed by atoms with E-state index in [1.165, 1.54) is 28.4 Å². The normalized spacial score (nSPS) is 10.0. The van der Waals surface area contributed by atoms with Crippen molar-refractivity contribution in [1.82, 2.24) is 0 Å². The van der Waals surface area contributed by atoms with Gasteiger partial charge in [-0.2, -0.15) is 0 Å². The third kappa shape index (κ3) is 3.37. The molecule has 2 aromatic rings. The van der Waals surface area contributed by atoms with Crippen molar-refractivity contribution in [3.8, 4) is 23.0 Å². The second kappa shape index (κ2) is 7.59. The van der Waals surface area contributed by atoms with Crippen LogP contribution in [0.2, 0.25) is 0 Å². The first-order valence-corrected chi connectivity index (χ1v) is 7.30. The Balaban J connectivity index is 2.42. The fourth-order valence-corrected chi connectivity index (χ4v) is 2.41. The predicted octanol–water partition coefficient (Wildman–Crippen LogP) is 3.28. The molecule has 1 N–H and O–H groups in total. The van der Waals surface area contributed by atoms with Gasteiger partial charge in [-0.3, -0.25) is 4.79 Å². The fourth-order valence-electron chi connectivity index (χ4n) is 2.41. The summed E-state index contributed by atoms with van der Waals surface area (Å²) < 4.78 is 21.1. The molecular formula is C18H21NO5. The number of ether oxygens (including phenoxy) is 4. The van der Waals surface area contributed by atoms with Crippen molar-refractivity contribution >= 4 is 11.6 Å². The van der Waals surface area contributed by atoms with Gasteiger partial charge in [0.25, 0.3) is 5.91 Å². The Morgan fingerprint density at radius 3 is 2.00 bits per heavy atom. The summed E-state index contributed by atoms with van der Waals surface area (Å²) in [6.45, 7) is 1.85. The molecule has 0 spiro atoms. The highest BCUT2D eigenvalue weighted by molar-refractivity contribution is 6.08. The van der Waals surface area contributed by atoms with Gasteiger partial charge in [0.1, 0.15) is 11.5 Å². The minimum absolute atomic E-state index is 0.296. The van der Waals surface area contributed by atoms with E-state index in [9.17, 15) is 4.79 Å². The van der Waals surface area contributed by atoms with E-state index in [-0.39, 0.29) is 5.91 Å². The van der Waals surface area contributed by atoms with Crippen molar-refractivity contribution in [2.75, 3.05) is 33.8 Å². The van der Waals surface area contributed by atoms with Crippen molar-refractivity contribution in [2.24, 2.45) is 0 Å². The molecule has 6 nitrogen and oxygen atoms in total. The van der Waals surface area contributed by atoms with Crippen molar-refractivity contribution in [1.29, 1.82) is 0 Å². The van der Waals surface area contributed by atoms with Gasteiger partial charge < -0.3 is 24.3 Å². The lowest BCUT2D eigenvalue weighted by molar-refractivity contribution is 0.102. The van der Waals surface area contributed by atoms with Crippen LogP contribution < -0.4 is 24.3 Å². The van der Waals surface area contributed by atoms with Gasteiger partial charge >= 0.3 is 0 Å². The molecule has 0 aliphatic carbocycles. The van der Waals surface area contributed by atoms with Crippen LogP contribution >= 0.6 is 0 Å². The zero-order chi connectivity index (χ0) is 17.7. The number of aryl methyl sites for hydroxylation is 1. The molecule has 0 unspecified atom stereocenters. The number of nitrogens with one attached hydrogen (secondary N) is 1. The van der Waals surface area contributed by atoms with E-state index in [0.717, 1.165) is 5.56 Å². The van der Waals surface area contributed by atoms with Gasteiger partial charge in [-0.25, -0.2) is 0 Å². The highest BCUT2D eigenvalue weighted by atomic mass is 16.5. The number of hydrogen-bond acceptors (Lipinski definition) is 5. The summed E-state index contributed by atoms with van der Waals surface area (Å²) in [6.07, 6.45) is 0. The van der Waals surface area contributed by atoms with Crippen LogP contribution in [-0.2, 0) is 0 Å². The number of methoxy groups -OCH3 is 4. The zero-order valence-corrected chi connectivity index (χ0v) is 14.4. The number of benzene rings is 2. The molecule has 6 heteroatoms. The molecule has 24 heavy (non-hydrogen) atoms. The first-order chi connectivity index (χ1) is 11.5. The molecule has 0 atom stereocenters. The molecule has 128 valence electrons. The van der Waals surface area contributed by atoms with Crippen LogP contribution in [0.1, 0.15) is 15.9 Å². The number of amides is 1. The Labute approximate surface area is 141 Å². The smallest absolute Gasteiger partial charge is 0.259 e. The molecule has 0 radical (unpaired) electrons. The first-order valence-electron chi connectivity index (χ1n) is 7.30. The third-order valence-corrected chi connectivity index (χ3v) is 3.64. The lowest BCUT2D eigenvalue weighted by Crippen LogP contribution is -2.15. The zero-order valence-electron chi connectivity index (χ0n) is 14.4. The summed E-state index contributed by atoms with van der Waals surface area (Å²) in [5.74, 6) is 1.68. The standard InChI is InChI=1S/C18H21NO5/c1-11-7-6-8-13(21-2)17(11)18(20)19-12-9-15(23-4)16(24-5)10-14(12)22-3/h6-10H,1-5H3,(H,19,20). The van der Waals surface area contributed by atoms with E-state index in [1.807, 2.05) is 19.1 Å². The van der Waals surface area contributed by atoms with Gasteiger partial charge in [0, 0.05) is 12.1 Å². The number of carbonyl (C=O) groups excluding carboxylic acids is 1. The highest BCUT2D eigenvalue weighted by Gasteiger charge is 2.19. The molecular weight excluding hydrogens is 310 g/mol. The largest absolute Gasteiger partial charge is 0.496 e. The van der Waals surface area contributed by atoms with E-state index >= 15 is 0 Å². The van der Waals surface area contributed by atoms with Crippen LogP contribution in [0.5, 0.6) is 23.0 Å². The monoisotopic (exact) mass is 331 g/mol. The van der Waals surface area contributed by atoms with Crippen LogP contribution in [0.3, 0.4) is 0 Å². The van der Waals surface area contributed by atoms with Crippen LogP contribution in [-0.4, -0.2) is 34.3 Å². The highest BCUT2D eigenvalue weighted by Crippen LogP contribution is 2.38. The van der Waals surface area contributed by atoms with E-state index < -0.39 is 0 Å². The Hall–Kier alpha value is -2.89. The lowest BCUT2D eigenvalue weighted by atomic mass is 10.1. The van der Waals surface area contributed by atoms with Gasteiger partial charge in [0.15, 0.2) is 11.5 Å². The topological polar surface area (TPSA) is 66.0 Å². The Morgan fingerprint density at radius 1 is 0.833 bits per heavy atom. The summed E-state index contributed by atoms with van der Waals surface area (Å²) in [4.78, 5) is 12.7. The van der Waals surface area contributed by atoms with Crippen molar-refractivity contribution in [3.63, 3.8) is 0 Å². The average molecular weight is 331 g/mol. The molecule has 0 aliphatic heterocycles. The van der Waals surface area contributed by atoms with E-state index in [1.54, 1.807) is 18.2 Å². The van der Waals surface area contributed by atoms with Crippen molar-refractivity contribution < 1.29 is 23.7 Å².